The highest BCUT2D eigenvalue weighted by Gasteiger charge is 2.17. The van der Waals surface area contributed by atoms with Gasteiger partial charge in [0.2, 0.25) is 0 Å². The van der Waals surface area contributed by atoms with Crippen LogP contribution >= 0.6 is 11.6 Å². The summed E-state index contributed by atoms with van der Waals surface area (Å²) < 4.78 is 0. The first-order valence-electron chi connectivity index (χ1n) is 9.49. The molecule has 4 rings (SSSR count). The number of aromatic nitrogens is 1. The molecule has 4 nitrogen and oxygen atoms in total. The van der Waals surface area contributed by atoms with Gasteiger partial charge in [0, 0.05) is 29.7 Å². The topological polar surface area (TPSA) is 48.1 Å². The Morgan fingerprint density at radius 3 is 2.74 bits per heavy atom. The standard InChI is InChI=1S/C22H24ClN3O/c1-15-5-4-12-26(13-15)14-16-8-10-17(11-9-16)24-22(27)21-20(23)18-6-2-3-7-19(18)25-21/h2-3,6-11,15,25H,4-5,12-14H2,1H3,(H,24,27). The molecule has 1 saturated heterocycles. The summed E-state index contributed by atoms with van der Waals surface area (Å²) >= 11 is 6.37. The van der Waals surface area contributed by atoms with E-state index in [9.17, 15) is 4.79 Å². The number of nitrogens with zero attached hydrogens (tertiary/aromatic N) is 1. The Balaban J connectivity index is 1.43. The molecule has 1 unspecified atom stereocenters. The number of H-pyrrole nitrogens is 1. The van der Waals surface area contributed by atoms with Crippen LogP contribution in [0.5, 0.6) is 0 Å². The van der Waals surface area contributed by atoms with E-state index >= 15 is 0 Å². The van der Waals surface area contributed by atoms with Gasteiger partial charge in [-0.1, -0.05) is 48.9 Å². The third kappa shape index (κ3) is 4.02. The maximum absolute atomic E-state index is 12.6. The molecule has 1 amide bonds. The lowest BCUT2D eigenvalue weighted by Crippen LogP contribution is -2.33. The molecule has 1 fully saturated rings. The van der Waals surface area contributed by atoms with E-state index in [0.717, 1.165) is 35.6 Å². The van der Waals surface area contributed by atoms with Crippen molar-refractivity contribution in [3.05, 3.63) is 64.8 Å². The third-order valence-electron chi connectivity index (χ3n) is 5.23. The number of hydrogen-bond donors (Lipinski definition) is 2. The fraction of sp³-hybridized carbons (Fsp3) is 0.318. The van der Waals surface area contributed by atoms with Gasteiger partial charge in [-0.3, -0.25) is 9.69 Å². The summed E-state index contributed by atoms with van der Waals surface area (Å²) in [6.45, 7) is 5.62. The van der Waals surface area contributed by atoms with E-state index in [0.29, 0.717) is 10.7 Å². The number of piperidine rings is 1. The summed E-state index contributed by atoms with van der Waals surface area (Å²) in [6, 6.07) is 15.7. The molecule has 5 heteroatoms. The molecule has 1 aliphatic heterocycles. The summed E-state index contributed by atoms with van der Waals surface area (Å²) in [7, 11) is 0. The lowest BCUT2D eigenvalue weighted by molar-refractivity contribution is 0.102. The first-order chi connectivity index (χ1) is 13.1. The van der Waals surface area contributed by atoms with Gasteiger partial charge < -0.3 is 10.3 Å². The molecule has 2 aromatic carbocycles. The van der Waals surface area contributed by atoms with Crippen LogP contribution in [0.25, 0.3) is 10.9 Å². The molecule has 2 heterocycles. The molecule has 0 spiro atoms. The second-order valence-corrected chi connectivity index (χ2v) is 7.87. The van der Waals surface area contributed by atoms with Crippen LogP contribution in [0.15, 0.2) is 48.5 Å². The normalized spacial score (nSPS) is 17.9. The molecule has 1 aromatic heterocycles. The van der Waals surface area contributed by atoms with E-state index in [4.69, 9.17) is 11.6 Å². The SMILES string of the molecule is CC1CCCN(Cc2ccc(NC(=O)c3[nH]c4ccccc4c3Cl)cc2)C1. The zero-order valence-corrected chi connectivity index (χ0v) is 16.2. The van der Waals surface area contributed by atoms with Crippen molar-refractivity contribution >= 4 is 34.1 Å². The van der Waals surface area contributed by atoms with Crippen LogP contribution in [0.4, 0.5) is 5.69 Å². The zero-order chi connectivity index (χ0) is 18.8. The number of nitrogens with one attached hydrogen (secondary N) is 2. The lowest BCUT2D eigenvalue weighted by atomic mass is 10.00. The number of carbonyl (C=O) groups is 1. The molecule has 0 aliphatic carbocycles. The Kier molecular flexibility index (Phi) is 5.19. The quantitative estimate of drug-likeness (QED) is 0.643. The minimum atomic E-state index is -0.228. The van der Waals surface area contributed by atoms with Gasteiger partial charge in [-0.15, -0.1) is 0 Å². The van der Waals surface area contributed by atoms with E-state index in [-0.39, 0.29) is 5.91 Å². The van der Waals surface area contributed by atoms with Crippen molar-refractivity contribution in [2.45, 2.75) is 26.3 Å². The van der Waals surface area contributed by atoms with Gasteiger partial charge in [0.15, 0.2) is 0 Å². The number of carbonyl (C=O) groups excluding carboxylic acids is 1. The number of rotatable bonds is 4. The molecule has 0 bridgehead atoms. The third-order valence-corrected chi connectivity index (χ3v) is 5.62. The van der Waals surface area contributed by atoms with E-state index in [1.165, 1.54) is 24.9 Å². The molecule has 140 valence electrons. The highest BCUT2D eigenvalue weighted by atomic mass is 35.5. The van der Waals surface area contributed by atoms with Crippen molar-refractivity contribution in [2.24, 2.45) is 5.92 Å². The second kappa shape index (κ2) is 7.75. The van der Waals surface area contributed by atoms with E-state index in [1.807, 2.05) is 36.4 Å². The largest absolute Gasteiger partial charge is 0.349 e. The van der Waals surface area contributed by atoms with Crippen molar-refractivity contribution in [2.75, 3.05) is 18.4 Å². The van der Waals surface area contributed by atoms with Crippen molar-refractivity contribution < 1.29 is 4.79 Å². The number of anilines is 1. The number of halogens is 1. The van der Waals surface area contributed by atoms with Crippen molar-refractivity contribution in [1.82, 2.24) is 9.88 Å². The molecular formula is C22H24ClN3O. The van der Waals surface area contributed by atoms with Crippen LogP contribution in [0.2, 0.25) is 5.02 Å². The van der Waals surface area contributed by atoms with Crippen molar-refractivity contribution in [3.63, 3.8) is 0 Å². The predicted molar refractivity (Wildman–Crippen MR) is 111 cm³/mol. The second-order valence-electron chi connectivity index (χ2n) is 7.49. The minimum Gasteiger partial charge on any atom is -0.349 e. The van der Waals surface area contributed by atoms with Crippen molar-refractivity contribution in [1.29, 1.82) is 0 Å². The maximum atomic E-state index is 12.6. The molecule has 2 N–H and O–H groups in total. The minimum absolute atomic E-state index is 0.228. The first kappa shape index (κ1) is 18.1. The number of para-hydroxylation sites is 1. The number of likely N-dealkylation sites (tertiary alicyclic amines) is 1. The van der Waals surface area contributed by atoms with Crippen LogP contribution in [0, 0.1) is 5.92 Å². The van der Waals surface area contributed by atoms with Gasteiger partial charge >= 0.3 is 0 Å². The van der Waals surface area contributed by atoms with E-state index in [2.05, 4.69) is 34.3 Å². The number of benzene rings is 2. The Morgan fingerprint density at radius 2 is 2.00 bits per heavy atom. The molecule has 3 aromatic rings. The Bertz CT molecular complexity index is 948. The Labute approximate surface area is 164 Å². The number of amides is 1. The molecular weight excluding hydrogens is 358 g/mol. The van der Waals surface area contributed by atoms with Crippen LogP contribution in [0.1, 0.15) is 35.8 Å². The summed E-state index contributed by atoms with van der Waals surface area (Å²) in [5.74, 6) is 0.548. The van der Waals surface area contributed by atoms with Crippen LogP contribution in [-0.4, -0.2) is 28.9 Å². The first-order valence-corrected chi connectivity index (χ1v) is 9.87. The molecule has 0 saturated carbocycles. The van der Waals surface area contributed by atoms with Crippen molar-refractivity contribution in [3.8, 4) is 0 Å². The summed E-state index contributed by atoms with van der Waals surface area (Å²) in [5.41, 5.74) is 3.29. The van der Waals surface area contributed by atoms with E-state index in [1.54, 1.807) is 0 Å². The van der Waals surface area contributed by atoms with Gasteiger partial charge in [0.05, 0.1) is 5.02 Å². The van der Waals surface area contributed by atoms with Gasteiger partial charge in [0.25, 0.3) is 5.91 Å². The summed E-state index contributed by atoms with van der Waals surface area (Å²) in [6.07, 6.45) is 2.61. The Morgan fingerprint density at radius 1 is 1.22 bits per heavy atom. The smallest absolute Gasteiger partial charge is 0.273 e. The Hall–Kier alpha value is -2.30. The van der Waals surface area contributed by atoms with Gasteiger partial charge in [-0.05, 0) is 49.1 Å². The average Bonchev–Trinajstić information content (AvgIpc) is 3.01. The monoisotopic (exact) mass is 381 g/mol. The van der Waals surface area contributed by atoms with Crippen LogP contribution in [0.3, 0.4) is 0 Å². The maximum Gasteiger partial charge on any atom is 0.273 e. The van der Waals surface area contributed by atoms with E-state index < -0.39 is 0 Å². The highest BCUT2D eigenvalue weighted by Crippen LogP contribution is 2.28. The fourth-order valence-electron chi connectivity index (χ4n) is 3.84. The highest BCUT2D eigenvalue weighted by molar-refractivity contribution is 6.39. The predicted octanol–water partition coefficient (Wildman–Crippen LogP) is 5.31. The van der Waals surface area contributed by atoms with Gasteiger partial charge in [0.1, 0.15) is 5.69 Å². The molecule has 0 radical (unpaired) electrons. The summed E-state index contributed by atoms with van der Waals surface area (Å²) in [5, 5.41) is 4.24. The number of fused-ring (bicyclic) bond motifs is 1. The summed E-state index contributed by atoms with van der Waals surface area (Å²) in [4.78, 5) is 18.2. The zero-order valence-electron chi connectivity index (χ0n) is 15.5. The van der Waals surface area contributed by atoms with Gasteiger partial charge in [-0.2, -0.15) is 0 Å². The number of aromatic amines is 1. The van der Waals surface area contributed by atoms with Crippen LogP contribution in [-0.2, 0) is 6.54 Å². The fourth-order valence-corrected chi connectivity index (χ4v) is 4.14. The van der Waals surface area contributed by atoms with Crippen LogP contribution < -0.4 is 5.32 Å². The lowest BCUT2D eigenvalue weighted by Gasteiger charge is -2.30. The molecule has 1 atom stereocenters. The van der Waals surface area contributed by atoms with Gasteiger partial charge in [-0.25, -0.2) is 0 Å². The number of hydrogen-bond acceptors (Lipinski definition) is 2. The molecule has 1 aliphatic rings. The average molecular weight is 382 g/mol. The molecule has 27 heavy (non-hydrogen) atoms.